The Morgan fingerprint density at radius 1 is 1.04 bits per heavy atom. The Kier molecular flexibility index (Phi) is 7.10. The van der Waals surface area contributed by atoms with Crippen molar-refractivity contribution in [3.8, 4) is 0 Å². The molecular formula is C22H27N3OS2. The third-order valence-electron chi connectivity index (χ3n) is 4.56. The SMILES string of the molecule is Cc1ccc(C)c2sc(N(CCCN(C)C)C(=O)CSc3ccccc3)nc12. The lowest BCUT2D eigenvalue weighted by Gasteiger charge is -2.21. The summed E-state index contributed by atoms with van der Waals surface area (Å²) in [6.45, 7) is 5.81. The Hall–Kier alpha value is -1.89. The molecule has 0 fully saturated rings. The highest BCUT2D eigenvalue weighted by Crippen LogP contribution is 2.33. The molecule has 0 aliphatic rings. The molecule has 0 unspecified atom stereocenters. The second-order valence-electron chi connectivity index (χ2n) is 7.18. The molecule has 0 aliphatic heterocycles. The molecule has 0 spiro atoms. The van der Waals surface area contributed by atoms with Crippen LogP contribution in [0.4, 0.5) is 5.13 Å². The minimum Gasteiger partial charge on any atom is -0.309 e. The summed E-state index contributed by atoms with van der Waals surface area (Å²) >= 11 is 3.21. The number of nitrogens with zero attached hydrogens (tertiary/aromatic N) is 3. The first-order valence-electron chi connectivity index (χ1n) is 9.45. The topological polar surface area (TPSA) is 36.4 Å². The smallest absolute Gasteiger partial charge is 0.239 e. The molecule has 0 saturated carbocycles. The van der Waals surface area contributed by atoms with E-state index < -0.39 is 0 Å². The van der Waals surface area contributed by atoms with Crippen LogP contribution in [-0.2, 0) is 4.79 Å². The van der Waals surface area contributed by atoms with Crippen LogP contribution in [0.3, 0.4) is 0 Å². The van der Waals surface area contributed by atoms with Gasteiger partial charge in [0.1, 0.15) is 0 Å². The van der Waals surface area contributed by atoms with Gasteiger partial charge in [0, 0.05) is 11.4 Å². The van der Waals surface area contributed by atoms with Gasteiger partial charge in [0.25, 0.3) is 0 Å². The maximum absolute atomic E-state index is 13.1. The first-order valence-corrected chi connectivity index (χ1v) is 11.3. The normalized spacial score (nSPS) is 11.3. The average molecular weight is 414 g/mol. The van der Waals surface area contributed by atoms with Crippen LogP contribution in [-0.4, -0.2) is 48.7 Å². The van der Waals surface area contributed by atoms with Gasteiger partial charge in [0.05, 0.1) is 16.0 Å². The van der Waals surface area contributed by atoms with Crippen molar-refractivity contribution in [2.45, 2.75) is 25.2 Å². The molecule has 1 aromatic heterocycles. The zero-order valence-electron chi connectivity index (χ0n) is 16.9. The Labute approximate surface area is 175 Å². The van der Waals surface area contributed by atoms with Gasteiger partial charge in [-0.25, -0.2) is 4.98 Å². The Morgan fingerprint density at radius 2 is 1.75 bits per heavy atom. The van der Waals surface area contributed by atoms with Crippen molar-refractivity contribution < 1.29 is 4.79 Å². The number of aromatic nitrogens is 1. The lowest BCUT2D eigenvalue weighted by atomic mass is 10.1. The predicted molar refractivity (Wildman–Crippen MR) is 122 cm³/mol. The van der Waals surface area contributed by atoms with Crippen molar-refractivity contribution in [2.75, 3.05) is 37.8 Å². The van der Waals surface area contributed by atoms with Crippen LogP contribution in [0.1, 0.15) is 17.5 Å². The van der Waals surface area contributed by atoms with Crippen molar-refractivity contribution in [2.24, 2.45) is 0 Å². The first kappa shape index (κ1) is 20.8. The molecule has 4 nitrogen and oxygen atoms in total. The van der Waals surface area contributed by atoms with E-state index in [0.717, 1.165) is 34.1 Å². The highest BCUT2D eigenvalue weighted by molar-refractivity contribution is 8.00. The zero-order chi connectivity index (χ0) is 20.1. The van der Waals surface area contributed by atoms with Crippen LogP contribution in [0, 0.1) is 13.8 Å². The van der Waals surface area contributed by atoms with Crippen molar-refractivity contribution in [1.82, 2.24) is 9.88 Å². The average Bonchev–Trinajstić information content (AvgIpc) is 3.13. The number of hydrogen-bond donors (Lipinski definition) is 0. The van der Waals surface area contributed by atoms with Crippen LogP contribution in [0.15, 0.2) is 47.4 Å². The second-order valence-corrected chi connectivity index (χ2v) is 9.20. The van der Waals surface area contributed by atoms with Crippen molar-refractivity contribution in [3.05, 3.63) is 53.6 Å². The maximum atomic E-state index is 13.1. The summed E-state index contributed by atoms with van der Waals surface area (Å²) in [6, 6.07) is 14.3. The van der Waals surface area contributed by atoms with Gasteiger partial charge >= 0.3 is 0 Å². The van der Waals surface area contributed by atoms with E-state index in [1.54, 1.807) is 23.1 Å². The van der Waals surface area contributed by atoms with E-state index in [9.17, 15) is 4.79 Å². The molecule has 0 N–H and O–H groups in total. The van der Waals surface area contributed by atoms with Gasteiger partial charge in [-0.2, -0.15) is 0 Å². The van der Waals surface area contributed by atoms with Crippen molar-refractivity contribution in [1.29, 1.82) is 0 Å². The number of fused-ring (bicyclic) bond motifs is 1. The summed E-state index contributed by atoms with van der Waals surface area (Å²) in [4.78, 5) is 23.1. The third kappa shape index (κ3) is 5.13. The number of amides is 1. The summed E-state index contributed by atoms with van der Waals surface area (Å²) in [6.07, 6.45) is 0.919. The number of carbonyl (C=O) groups excluding carboxylic acids is 1. The van der Waals surface area contributed by atoms with Gasteiger partial charge in [-0.15, -0.1) is 11.8 Å². The number of carbonyl (C=O) groups is 1. The highest BCUT2D eigenvalue weighted by atomic mass is 32.2. The molecule has 0 atom stereocenters. The molecule has 1 heterocycles. The fourth-order valence-corrected chi connectivity index (χ4v) is 4.93. The minimum absolute atomic E-state index is 0.113. The summed E-state index contributed by atoms with van der Waals surface area (Å²) in [7, 11) is 4.11. The maximum Gasteiger partial charge on any atom is 0.239 e. The Bertz CT molecular complexity index is 899. The lowest BCUT2D eigenvalue weighted by molar-refractivity contribution is -0.116. The molecule has 3 rings (SSSR count). The zero-order valence-corrected chi connectivity index (χ0v) is 18.6. The van der Waals surface area contributed by atoms with Crippen molar-refractivity contribution in [3.63, 3.8) is 0 Å². The van der Waals surface area contributed by atoms with Gasteiger partial charge in [-0.05, 0) is 64.2 Å². The van der Waals surface area contributed by atoms with Crippen LogP contribution < -0.4 is 4.90 Å². The van der Waals surface area contributed by atoms with Crippen molar-refractivity contribution >= 4 is 44.4 Å². The number of thiazole rings is 1. The number of anilines is 1. The number of hydrogen-bond acceptors (Lipinski definition) is 5. The van der Waals surface area contributed by atoms with Gasteiger partial charge in [-0.1, -0.05) is 41.7 Å². The monoisotopic (exact) mass is 413 g/mol. The first-order chi connectivity index (χ1) is 13.5. The molecular weight excluding hydrogens is 386 g/mol. The van der Waals surface area contributed by atoms with Gasteiger partial charge in [0.2, 0.25) is 5.91 Å². The molecule has 0 bridgehead atoms. The molecule has 3 aromatic rings. The van der Waals surface area contributed by atoms with Crippen LogP contribution in [0.5, 0.6) is 0 Å². The fourth-order valence-electron chi connectivity index (χ4n) is 2.98. The largest absolute Gasteiger partial charge is 0.309 e. The summed E-state index contributed by atoms with van der Waals surface area (Å²) in [5.41, 5.74) is 3.38. The number of rotatable bonds is 8. The molecule has 148 valence electrons. The third-order valence-corrected chi connectivity index (χ3v) is 6.77. The Morgan fingerprint density at radius 3 is 2.43 bits per heavy atom. The fraction of sp³-hybridized carbons (Fsp3) is 0.364. The number of aryl methyl sites for hydroxylation is 2. The van der Waals surface area contributed by atoms with Gasteiger partial charge in [-0.3, -0.25) is 9.69 Å². The molecule has 0 radical (unpaired) electrons. The molecule has 28 heavy (non-hydrogen) atoms. The van der Waals surface area contributed by atoms with Gasteiger partial charge < -0.3 is 4.90 Å². The molecule has 2 aromatic carbocycles. The van der Waals surface area contributed by atoms with E-state index in [-0.39, 0.29) is 5.91 Å². The van der Waals surface area contributed by atoms with E-state index in [2.05, 4.69) is 45.0 Å². The molecule has 1 amide bonds. The van der Waals surface area contributed by atoms with E-state index in [0.29, 0.717) is 12.3 Å². The summed E-state index contributed by atoms with van der Waals surface area (Å²) in [5, 5.41) is 0.810. The van der Waals surface area contributed by atoms with E-state index >= 15 is 0 Å². The Balaban J connectivity index is 1.82. The molecule has 0 saturated heterocycles. The predicted octanol–water partition coefficient (Wildman–Crippen LogP) is 4.99. The summed E-state index contributed by atoms with van der Waals surface area (Å²) in [5.74, 6) is 0.529. The highest BCUT2D eigenvalue weighted by Gasteiger charge is 2.21. The lowest BCUT2D eigenvalue weighted by Crippen LogP contribution is -2.34. The number of benzene rings is 2. The number of thioether (sulfide) groups is 1. The van der Waals surface area contributed by atoms with Gasteiger partial charge in [0.15, 0.2) is 5.13 Å². The van der Waals surface area contributed by atoms with Crippen LogP contribution >= 0.6 is 23.1 Å². The quantitative estimate of drug-likeness (QED) is 0.488. The van der Waals surface area contributed by atoms with E-state index in [1.807, 2.05) is 35.2 Å². The van der Waals surface area contributed by atoms with Crippen LogP contribution in [0.2, 0.25) is 0 Å². The standard InChI is InChI=1S/C22H27N3OS2/c1-16-11-12-17(2)21-20(16)23-22(28-21)25(14-8-13-24(3)4)19(26)15-27-18-9-6-5-7-10-18/h5-7,9-12H,8,13-15H2,1-4H3. The minimum atomic E-state index is 0.113. The second kappa shape index (κ2) is 9.54. The molecule has 6 heteroatoms. The van der Waals surface area contributed by atoms with Crippen LogP contribution in [0.25, 0.3) is 10.2 Å². The van der Waals surface area contributed by atoms with E-state index in [1.165, 1.54) is 10.3 Å². The molecule has 0 aliphatic carbocycles. The summed E-state index contributed by atoms with van der Waals surface area (Å²) < 4.78 is 1.18. The van der Waals surface area contributed by atoms with E-state index in [4.69, 9.17) is 4.98 Å².